The number of fused-ring (bicyclic) bond motifs is 1. The molecule has 0 bridgehead atoms. The van der Waals surface area contributed by atoms with Crippen LogP contribution >= 0.6 is 22.9 Å². The van der Waals surface area contributed by atoms with Gasteiger partial charge in [-0.15, -0.1) is 0 Å². The lowest BCUT2D eigenvalue weighted by Crippen LogP contribution is -2.13. The third kappa shape index (κ3) is 4.11. The molecule has 0 saturated heterocycles. The second kappa shape index (κ2) is 7.98. The van der Waals surface area contributed by atoms with Gasteiger partial charge in [0.25, 0.3) is 11.8 Å². The number of hydrogen-bond acceptors (Lipinski definition) is 5. The van der Waals surface area contributed by atoms with E-state index < -0.39 is 0 Å². The van der Waals surface area contributed by atoms with Crippen LogP contribution in [0, 0.1) is 6.92 Å². The van der Waals surface area contributed by atoms with Crippen molar-refractivity contribution in [1.29, 1.82) is 0 Å². The molecule has 0 unspecified atom stereocenters. The number of aromatic nitrogens is 2. The highest BCUT2D eigenvalue weighted by Gasteiger charge is 2.14. The molecular formula is C21H15ClN4O2S. The van der Waals surface area contributed by atoms with E-state index in [1.54, 1.807) is 48.7 Å². The Morgan fingerprint density at radius 2 is 1.86 bits per heavy atom. The summed E-state index contributed by atoms with van der Waals surface area (Å²) in [4.78, 5) is 33.3. The van der Waals surface area contributed by atoms with Crippen LogP contribution in [-0.2, 0) is 0 Å². The summed E-state index contributed by atoms with van der Waals surface area (Å²) < 4.78 is 0.782. The highest BCUT2D eigenvalue weighted by Crippen LogP contribution is 2.29. The molecule has 2 N–H and O–H groups in total. The highest BCUT2D eigenvalue weighted by molar-refractivity contribution is 7.22. The van der Waals surface area contributed by atoms with E-state index in [1.807, 2.05) is 19.1 Å². The minimum absolute atomic E-state index is 0.268. The number of pyridine rings is 1. The average Bonchev–Trinajstić information content (AvgIpc) is 3.12. The first-order valence-electron chi connectivity index (χ1n) is 8.71. The molecule has 29 heavy (non-hydrogen) atoms. The highest BCUT2D eigenvalue weighted by atomic mass is 35.5. The molecule has 0 aliphatic carbocycles. The lowest BCUT2D eigenvalue weighted by atomic mass is 10.1. The summed E-state index contributed by atoms with van der Waals surface area (Å²) in [5.41, 5.74) is 2.94. The van der Waals surface area contributed by atoms with Gasteiger partial charge in [-0.25, -0.2) is 4.98 Å². The Kier molecular flexibility index (Phi) is 5.24. The van der Waals surface area contributed by atoms with Crippen LogP contribution in [0.4, 0.5) is 10.8 Å². The number of benzene rings is 2. The first-order valence-corrected chi connectivity index (χ1v) is 9.90. The van der Waals surface area contributed by atoms with Crippen LogP contribution in [0.25, 0.3) is 10.2 Å². The van der Waals surface area contributed by atoms with Gasteiger partial charge in [-0.3, -0.25) is 19.9 Å². The van der Waals surface area contributed by atoms with Gasteiger partial charge in [0.15, 0.2) is 5.13 Å². The number of para-hydroxylation sites is 1. The van der Waals surface area contributed by atoms with Crippen molar-refractivity contribution in [2.45, 2.75) is 6.92 Å². The maximum atomic E-state index is 12.7. The molecule has 0 aliphatic heterocycles. The van der Waals surface area contributed by atoms with Gasteiger partial charge in [-0.2, -0.15) is 0 Å². The molecule has 2 amide bonds. The molecule has 0 radical (unpaired) electrons. The summed E-state index contributed by atoms with van der Waals surface area (Å²) in [5, 5.41) is 6.52. The topological polar surface area (TPSA) is 84.0 Å². The Balaban J connectivity index is 1.55. The van der Waals surface area contributed by atoms with Crippen LogP contribution in [0.5, 0.6) is 0 Å². The van der Waals surface area contributed by atoms with Gasteiger partial charge in [0, 0.05) is 11.8 Å². The predicted octanol–water partition coefficient (Wildman–Crippen LogP) is 5.16. The summed E-state index contributed by atoms with van der Waals surface area (Å²) in [6, 6.07) is 15.7. The molecule has 4 aromatic rings. The van der Waals surface area contributed by atoms with Crippen molar-refractivity contribution in [3.05, 3.63) is 82.6 Å². The number of nitrogens with one attached hydrogen (secondary N) is 2. The lowest BCUT2D eigenvalue weighted by molar-refractivity contribution is 0.101. The van der Waals surface area contributed by atoms with Crippen molar-refractivity contribution in [2.24, 2.45) is 0 Å². The SMILES string of the molecule is Cc1cccc(Cl)c1NC(=O)c1ccc2nc(NC(=O)c3ccccn3)sc2c1. The number of aryl methyl sites for hydroxylation is 1. The molecule has 2 aromatic heterocycles. The Morgan fingerprint density at radius 3 is 2.62 bits per heavy atom. The normalized spacial score (nSPS) is 10.7. The largest absolute Gasteiger partial charge is 0.320 e. The van der Waals surface area contributed by atoms with Crippen molar-refractivity contribution >= 4 is 55.8 Å². The summed E-state index contributed by atoms with van der Waals surface area (Å²) in [6.07, 6.45) is 1.55. The van der Waals surface area contributed by atoms with E-state index in [-0.39, 0.29) is 11.8 Å². The Bertz CT molecular complexity index is 1200. The zero-order valence-corrected chi connectivity index (χ0v) is 16.8. The van der Waals surface area contributed by atoms with Gasteiger partial charge in [0.05, 0.1) is 20.9 Å². The first kappa shape index (κ1) is 19.0. The zero-order valence-electron chi connectivity index (χ0n) is 15.3. The molecule has 0 aliphatic rings. The second-order valence-electron chi connectivity index (χ2n) is 6.26. The molecular weight excluding hydrogens is 408 g/mol. The monoisotopic (exact) mass is 422 g/mol. The maximum Gasteiger partial charge on any atom is 0.276 e. The molecule has 6 nitrogen and oxygen atoms in total. The van der Waals surface area contributed by atoms with Gasteiger partial charge in [0.1, 0.15) is 5.69 Å². The summed E-state index contributed by atoms with van der Waals surface area (Å²) in [5.74, 6) is -0.604. The molecule has 2 heterocycles. The van der Waals surface area contributed by atoms with E-state index in [9.17, 15) is 9.59 Å². The quantitative estimate of drug-likeness (QED) is 0.476. The minimum atomic E-state index is -0.336. The summed E-state index contributed by atoms with van der Waals surface area (Å²) in [7, 11) is 0. The van der Waals surface area contributed by atoms with Gasteiger partial charge in [-0.1, -0.05) is 41.1 Å². The van der Waals surface area contributed by atoms with Crippen molar-refractivity contribution in [3.63, 3.8) is 0 Å². The number of carbonyl (C=O) groups excluding carboxylic acids is 2. The Labute approximate surface area is 175 Å². The summed E-state index contributed by atoms with van der Waals surface area (Å²) >= 11 is 7.48. The Hall–Kier alpha value is -3.29. The third-order valence-electron chi connectivity index (χ3n) is 4.23. The third-order valence-corrected chi connectivity index (χ3v) is 5.48. The van der Waals surface area contributed by atoms with Gasteiger partial charge in [0.2, 0.25) is 0 Å². The summed E-state index contributed by atoms with van der Waals surface area (Å²) in [6.45, 7) is 1.88. The maximum absolute atomic E-state index is 12.7. The number of nitrogens with zero attached hydrogens (tertiary/aromatic N) is 2. The second-order valence-corrected chi connectivity index (χ2v) is 7.69. The molecule has 0 spiro atoms. The van der Waals surface area contributed by atoms with Crippen LogP contribution in [0.15, 0.2) is 60.8 Å². The van der Waals surface area contributed by atoms with E-state index in [0.29, 0.717) is 32.6 Å². The smallest absolute Gasteiger partial charge is 0.276 e. The standard InChI is InChI=1S/C21H15ClN4O2S/c1-12-5-4-6-14(22)18(12)25-19(27)13-8-9-15-17(11-13)29-21(24-15)26-20(28)16-7-2-3-10-23-16/h2-11H,1H3,(H,25,27)(H,24,26,28). The van der Waals surface area contributed by atoms with Crippen molar-refractivity contribution < 1.29 is 9.59 Å². The number of hydrogen-bond donors (Lipinski definition) is 2. The number of amides is 2. The fraction of sp³-hybridized carbons (Fsp3) is 0.0476. The fourth-order valence-corrected chi connectivity index (χ4v) is 3.92. The number of halogens is 1. The van der Waals surface area contributed by atoms with Crippen LogP contribution < -0.4 is 10.6 Å². The number of anilines is 2. The molecule has 0 fully saturated rings. The Morgan fingerprint density at radius 1 is 1.00 bits per heavy atom. The van der Waals surface area contributed by atoms with Crippen molar-refractivity contribution in [2.75, 3.05) is 10.6 Å². The average molecular weight is 423 g/mol. The van der Waals surface area contributed by atoms with Crippen LogP contribution in [0.3, 0.4) is 0 Å². The van der Waals surface area contributed by atoms with E-state index in [4.69, 9.17) is 11.6 Å². The van der Waals surface area contributed by atoms with E-state index in [2.05, 4.69) is 20.6 Å². The van der Waals surface area contributed by atoms with Crippen molar-refractivity contribution in [3.8, 4) is 0 Å². The number of carbonyl (C=O) groups is 2. The molecule has 0 atom stereocenters. The lowest BCUT2D eigenvalue weighted by Gasteiger charge is -2.10. The fourth-order valence-electron chi connectivity index (χ4n) is 2.75. The molecule has 4 rings (SSSR count). The van der Waals surface area contributed by atoms with Gasteiger partial charge < -0.3 is 5.32 Å². The molecule has 2 aromatic carbocycles. The van der Waals surface area contributed by atoms with Gasteiger partial charge in [-0.05, 0) is 48.9 Å². The zero-order chi connectivity index (χ0) is 20.4. The molecule has 8 heteroatoms. The van der Waals surface area contributed by atoms with Crippen molar-refractivity contribution in [1.82, 2.24) is 9.97 Å². The van der Waals surface area contributed by atoms with E-state index in [0.717, 1.165) is 10.3 Å². The number of thiazole rings is 1. The van der Waals surface area contributed by atoms with Crippen LogP contribution in [-0.4, -0.2) is 21.8 Å². The molecule has 144 valence electrons. The van der Waals surface area contributed by atoms with Crippen LogP contribution in [0.2, 0.25) is 5.02 Å². The van der Waals surface area contributed by atoms with Crippen LogP contribution in [0.1, 0.15) is 26.4 Å². The minimum Gasteiger partial charge on any atom is -0.320 e. The molecule has 0 saturated carbocycles. The van der Waals surface area contributed by atoms with Gasteiger partial charge >= 0.3 is 0 Å². The van der Waals surface area contributed by atoms with E-state index in [1.165, 1.54) is 11.3 Å². The predicted molar refractivity (Wildman–Crippen MR) is 116 cm³/mol. The number of rotatable bonds is 4. The first-order chi connectivity index (χ1) is 14.0. The van der Waals surface area contributed by atoms with E-state index >= 15 is 0 Å².